The van der Waals surface area contributed by atoms with Gasteiger partial charge in [0.25, 0.3) is 5.91 Å². The molecule has 156 valence electrons. The second-order valence-corrected chi connectivity index (χ2v) is 6.62. The van der Waals surface area contributed by atoms with Crippen molar-refractivity contribution in [2.75, 3.05) is 32.2 Å². The van der Waals surface area contributed by atoms with E-state index in [2.05, 4.69) is 5.32 Å². The lowest BCUT2D eigenvalue weighted by molar-refractivity contribution is -0.128. The van der Waals surface area contributed by atoms with Gasteiger partial charge in [0.1, 0.15) is 5.75 Å². The summed E-state index contributed by atoms with van der Waals surface area (Å²) in [7, 11) is 3.04. The Bertz CT molecular complexity index is 969. The van der Waals surface area contributed by atoms with Gasteiger partial charge in [-0.2, -0.15) is 5.26 Å². The molecule has 0 saturated heterocycles. The summed E-state index contributed by atoms with van der Waals surface area (Å²) in [6, 6.07) is 14.1. The average molecular weight is 409 g/mol. The molecule has 0 fully saturated rings. The van der Waals surface area contributed by atoms with Gasteiger partial charge in [-0.1, -0.05) is 12.1 Å². The van der Waals surface area contributed by atoms with E-state index in [0.29, 0.717) is 41.5 Å². The molecule has 2 aromatic carbocycles. The third-order valence-electron chi connectivity index (χ3n) is 4.70. The summed E-state index contributed by atoms with van der Waals surface area (Å²) in [5, 5.41) is 11.5. The van der Waals surface area contributed by atoms with E-state index in [4.69, 9.17) is 19.5 Å². The van der Waals surface area contributed by atoms with E-state index in [0.717, 1.165) is 0 Å². The third-order valence-corrected chi connectivity index (χ3v) is 4.70. The molecule has 0 radical (unpaired) electrons. The number of nitriles is 1. The maximum Gasteiger partial charge on any atom is 0.262 e. The van der Waals surface area contributed by atoms with Gasteiger partial charge in [0.15, 0.2) is 17.6 Å². The molecule has 30 heavy (non-hydrogen) atoms. The number of para-hydroxylation sites is 2. The van der Waals surface area contributed by atoms with Crippen molar-refractivity contribution in [3.05, 3.63) is 48.0 Å². The van der Waals surface area contributed by atoms with Crippen molar-refractivity contribution in [1.82, 2.24) is 5.32 Å². The minimum atomic E-state index is -0.756. The first-order chi connectivity index (χ1) is 14.6. The van der Waals surface area contributed by atoms with Crippen molar-refractivity contribution in [2.45, 2.75) is 18.9 Å². The van der Waals surface area contributed by atoms with E-state index in [1.54, 1.807) is 41.3 Å². The number of fused-ring (bicyclic) bond motifs is 1. The quantitative estimate of drug-likeness (QED) is 0.704. The number of carbonyl (C=O) groups excluding carboxylic acids is 2. The highest BCUT2D eigenvalue weighted by atomic mass is 16.5. The number of nitrogens with zero attached hydrogens (tertiary/aromatic N) is 2. The van der Waals surface area contributed by atoms with Gasteiger partial charge >= 0.3 is 0 Å². The van der Waals surface area contributed by atoms with Crippen molar-refractivity contribution in [1.29, 1.82) is 5.26 Å². The van der Waals surface area contributed by atoms with Crippen LogP contribution in [0.4, 0.5) is 5.69 Å². The van der Waals surface area contributed by atoms with Crippen molar-refractivity contribution >= 4 is 17.5 Å². The lowest BCUT2D eigenvalue weighted by Gasteiger charge is -2.34. The van der Waals surface area contributed by atoms with Crippen LogP contribution in [-0.4, -0.2) is 45.2 Å². The smallest absolute Gasteiger partial charge is 0.262 e. The molecule has 1 heterocycles. The molecule has 0 saturated carbocycles. The van der Waals surface area contributed by atoms with Crippen LogP contribution in [0.2, 0.25) is 0 Å². The summed E-state index contributed by atoms with van der Waals surface area (Å²) in [4.78, 5) is 26.5. The standard InChI is InChI=1S/C22H23N3O5/c1-24-22(27)20-14-25(16-6-3-4-7-17(16)30-20)21(26)8-5-11-29-18-10-9-15(13-23)12-19(18)28-2/h3-4,6-7,9-10,12,20H,5,8,11,14H2,1-2H3,(H,24,27). The second-order valence-electron chi connectivity index (χ2n) is 6.62. The van der Waals surface area contributed by atoms with E-state index in [-0.39, 0.29) is 24.8 Å². The van der Waals surface area contributed by atoms with E-state index < -0.39 is 6.10 Å². The predicted molar refractivity (Wildman–Crippen MR) is 110 cm³/mol. The molecule has 0 aromatic heterocycles. The Balaban J connectivity index is 1.61. The second kappa shape index (κ2) is 9.65. The number of carbonyl (C=O) groups is 2. The number of rotatable bonds is 7. The van der Waals surface area contributed by atoms with E-state index >= 15 is 0 Å². The molecule has 8 heteroatoms. The van der Waals surface area contributed by atoms with Crippen LogP contribution in [0.5, 0.6) is 17.2 Å². The van der Waals surface area contributed by atoms with Gasteiger partial charge in [-0.25, -0.2) is 0 Å². The SMILES string of the molecule is CNC(=O)C1CN(C(=O)CCCOc2ccc(C#N)cc2OC)c2ccccc2O1. The molecule has 0 aliphatic carbocycles. The van der Waals surface area contributed by atoms with Gasteiger partial charge in [0, 0.05) is 19.5 Å². The van der Waals surface area contributed by atoms with Crippen molar-refractivity contribution < 1.29 is 23.8 Å². The molecule has 8 nitrogen and oxygen atoms in total. The van der Waals surface area contributed by atoms with Crippen LogP contribution in [0.3, 0.4) is 0 Å². The summed E-state index contributed by atoms with van der Waals surface area (Å²) in [6.45, 7) is 0.457. The van der Waals surface area contributed by atoms with Crippen LogP contribution in [0.25, 0.3) is 0 Å². The summed E-state index contributed by atoms with van der Waals surface area (Å²) >= 11 is 0. The highest BCUT2D eigenvalue weighted by Crippen LogP contribution is 2.34. The normalized spacial score (nSPS) is 14.7. The zero-order valence-corrected chi connectivity index (χ0v) is 16.9. The van der Waals surface area contributed by atoms with Crippen molar-refractivity contribution in [2.24, 2.45) is 0 Å². The monoisotopic (exact) mass is 409 g/mol. The van der Waals surface area contributed by atoms with Crippen LogP contribution < -0.4 is 24.4 Å². The molecule has 3 rings (SSSR count). The lowest BCUT2D eigenvalue weighted by atomic mass is 10.1. The molecule has 2 aromatic rings. The Morgan fingerprint density at radius 2 is 2.07 bits per heavy atom. The van der Waals surface area contributed by atoms with Gasteiger partial charge in [-0.15, -0.1) is 0 Å². The van der Waals surface area contributed by atoms with E-state index in [9.17, 15) is 9.59 Å². The highest BCUT2D eigenvalue weighted by molar-refractivity contribution is 5.97. The average Bonchev–Trinajstić information content (AvgIpc) is 2.80. The molecule has 2 amide bonds. The summed E-state index contributed by atoms with van der Waals surface area (Å²) in [5.74, 6) is 1.09. The minimum Gasteiger partial charge on any atom is -0.493 e. The Labute approximate surface area is 174 Å². The highest BCUT2D eigenvalue weighted by Gasteiger charge is 2.32. The van der Waals surface area contributed by atoms with Gasteiger partial charge in [0.2, 0.25) is 5.91 Å². The van der Waals surface area contributed by atoms with Crippen LogP contribution >= 0.6 is 0 Å². The zero-order chi connectivity index (χ0) is 21.5. The molecule has 1 unspecified atom stereocenters. The van der Waals surface area contributed by atoms with Gasteiger partial charge in [-0.3, -0.25) is 9.59 Å². The number of amides is 2. The van der Waals surface area contributed by atoms with Gasteiger partial charge in [0.05, 0.1) is 37.6 Å². The maximum atomic E-state index is 12.9. The fraction of sp³-hybridized carbons (Fsp3) is 0.318. The summed E-state index contributed by atoms with van der Waals surface area (Å²) < 4.78 is 16.7. The molecule has 1 N–H and O–H groups in total. The number of ether oxygens (including phenoxy) is 3. The van der Waals surface area contributed by atoms with E-state index in [1.165, 1.54) is 14.2 Å². The van der Waals surface area contributed by atoms with Gasteiger partial charge < -0.3 is 24.4 Å². The lowest BCUT2D eigenvalue weighted by Crippen LogP contribution is -2.50. The molecular weight excluding hydrogens is 386 g/mol. The minimum absolute atomic E-state index is 0.116. The number of hydrogen-bond donors (Lipinski definition) is 1. The summed E-state index contributed by atoms with van der Waals surface area (Å²) in [6.07, 6.45) is -0.0347. The van der Waals surface area contributed by atoms with Crippen LogP contribution in [0.15, 0.2) is 42.5 Å². The third kappa shape index (κ3) is 4.63. The largest absolute Gasteiger partial charge is 0.493 e. The van der Waals surface area contributed by atoms with Crippen molar-refractivity contribution in [3.8, 4) is 23.3 Å². The molecule has 1 atom stereocenters. The number of methoxy groups -OCH3 is 1. The Hall–Kier alpha value is -3.73. The number of anilines is 1. The first-order valence-corrected chi connectivity index (χ1v) is 9.56. The first kappa shape index (κ1) is 21.0. The number of benzene rings is 2. The van der Waals surface area contributed by atoms with Crippen LogP contribution in [-0.2, 0) is 9.59 Å². The Morgan fingerprint density at radius 1 is 1.27 bits per heavy atom. The molecular formula is C22H23N3O5. The summed E-state index contributed by atoms with van der Waals surface area (Å²) in [5.41, 5.74) is 1.13. The topological polar surface area (TPSA) is 101 Å². The molecule has 0 bridgehead atoms. The number of likely N-dealkylation sites (N-methyl/N-ethyl adjacent to an activating group) is 1. The number of nitrogens with one attached hydrogen (secondary N) is 1. The predicted octanol–water partition coefficient (Wildman–Crippen LogP) is 2.27. The number of hydrogen-bond acceptors (Lipinski definition) is 6. The van der Waals surface area contributed by atoms with Crippen LogP contribution in [0, 0.1) is 11.3 Å². The first-order valence-electron chi connectivity index (χ1n) is 9.56. The Morgan fingerprint density at radius 3 is 2.80 bits per heavy atom. The van der Waals surface area contributed by atoms with Crippen LogP contribution in [0.1, 0.15) is 18.4 Å². The fourth-order valence-corrected chi connectivity index (χ4v) is 3.16. The van der Waals surface area contributed by atoms with Crippen molar-refractivity contribution in [3.63, 3.8) is 0 Å². The Kier molecular flexibility index (Phi) is 6.75. The molecule has 0 spiro atoms. The fourth-order valence-electron chi connectivity index (χ4n) is 3.16. The molecule has 1 aliphatic rings. The van der Waals surface area contributed by atoms with Gasteiger partial charge in [-0.05, 0) is 30.7 Å². The zero-order valence-electron chi connectivity index (χ0n) is 16.9. The van der Waals surface area contributed by atoms with E-state index in [1.807, 2.05) is 12.1 Å². The molecule has 1 aliphatic heterocycles. The maximum absolute atomic E-state index is 12.9.